The number of alkyl halides is 17. The zero-order chi connectivity index (χ0) is 37.6. The summed E-state index contributed by atoms with van der Waals surface area (Å²) < 4.78 is 287. The van der Waals surface area contributed by atoms with E-state index in [1.54, 1.807) is 0 Å². The summed E-state index contributed by atoms with van der Waals surface area (Å²) in [5.41, 5.74) is 0. The number of aliphatic hydroxyl groups excluding tert-OH is 2. The van der Waals surface area contributed by atoms with Crippen LogP contribution in [0.3, 0.4) is 0 Å². The van der Waals surface area contributed by atoms with Crippen molar-refractivity contribution < 1.29 is 146 Å². The zero-order valence-electron chi connectivity index (χ0n) is 24.0. The number of hydrogen-bond donors (Lipinski definition) is 2. The molecule has 286 valence electrons. The largest absolute Gasteiger partial charge is 1.00 e. The minimum atomic E-state index is -9.05. The molecule has 10 nitrogen and oxygen atoms in total. The van der Waals surface area contributed by atoms with Crippen molar-refractivity contribution in [2.24, 2.45) is 0 Å². The van der Waals surface area contributed by atoms with E-state index in [2.05, 4.69) is 0 Å². The van der Waals surface area contributed by atoms with Crippen molar-refractivity contribution in [3.05, 3.63) is 0 Å². The number of halogens is 17. The molecular weight excluding hydrogens is 782 g/mol. The summed E-state index contributed by atoms with van der Waals surface area (Å²) in [6.07, 6.45) is -11.9. The summed E-state index contributed by atoms with van der Waals surface area (Å²) in [7, 11) is -11.0. The van der Waals surface area contributed by atoms with Gasteiger partial charge >= 0.3 is 76.5 Å². The summed E-state index contributed by atoms with van der Waals surface area (Å²) in [6, 6.07) is 0. The molecule has 0 aromatic carbocycles. The van der Waals surface area contributed by atoms with Crippen LogP contribution < -0.4 is 29.6 Å². The van der Waals surface area contributed by atoms with E-state index in [1.807, 2.05) is 0 Å². The fraction of sp³-hybridized carbons (Fsp3) is 1.00. The summed E-state index contributed by atoms with van der Waals surface area (Å²) in [5.74, 6) is -54.9. The first-order chi connectivity index (χ1) is 19.8. The Balaban J connectivity index is -0.0000101. The number of rotatable bonds is 18. The van der Waals surface area contributed by atoms with Crippen LogP contribution in [0.1, 0.15) is 6.42 Å². The molecule has 0 aromatic rings. The van der Waals surface area contributed by atoms with Gasteiger partial charge in [-0.1, -0.05) is 0 Å². The van der Waals surface area contributed by atoms with Gasteiger partial charge in [-0.05, 0) is 0 Å². The Morgan fingerprint density at radius 2 is 1.04 bits per heavy atom. The maximum Gasteiger partial charge on any atom is 1.00 e. The SMILES string of the molecule is C[N+](C)(CCO)CCCN(CC(O)CS(=O)(=O)[O-])S(=O)(=O)C(F)(F)C(F)(F)C(F)(F)C(F)(F)C(F)(F)C(F)(F)C(F)(F)C(F)(F)F.[Na+].[OH-]. The van der Waals surface area contributed by atoms with Gasteiger partial charge in [0.2, 0.25) is 0 Å². The Bertz CT molecular complexity index is 1280. The Morgan fingerprint density at radius 3 is 1.38 bits per heavy atom. The summed E-state index contributed by atoms with van der Waals surface area (Å²) in [6.45, 7) is -5.26. The predicted molar refractivity (Wildman–Crippen MR) is 117 cm³/mol. The van der Waals surface area contributed by atoms with Crippen molar-refractivity contribution in [3.8, 4) is 0 Å². The van der Waals surface area contributed by atoms with E-state index in [-0.39, 0.29) is 46.1 Å². The minimum Gasteiger partial charge on any atom is -0.870 e. The van der Waals surface area contributed by atoms with Gasteiger partial charge in [0.25, 0.3) is 10.0 Å². The molecule has 0 heterocycles. The standard InChI is InChI=1S/C18H23F17N2O7S2.Na.H2O/c1-37(2,6-7-38)5-3-4-36(8-10(39)9-45(40,41)42)46(43,44)18(34,35)16(29,30)14(25,26)12(21,22)11(19,20)13(23,24)15(27,28)17(31,32)33;;/h10,38-39H,3-9H2,1-2H3;;1H2/q;+1;/p-1. The number of sulfonamides is 1. The van der Waals surface area contributed by atoms with Crippen LogP contribution in [-0.2, 0) is 20.1 Å². The second kappa shape index (κ2) is 15.6. The van der Waals surface area contributed by atoms with E-state index in [0.29, 0.717) is 0 Å². The maximum atomic E-state index is 14.7. The summed E-state index contributed by atoms with van der Waals surface area (Å²) >= 11 is 0. The third-order valence-corrected chi connectivity index (χ3v) is 8.75. The molecule has 3 N–H and O–H groups in total. The van der Waals surface area contributed by atoms with Gasteiger partial charge in [-0.3, -0.25) is 0 Å². The van der Waals surface area contributed by atoms with Gasteiger partial charge in [0, 0.05) is 19.5 Å². The number of aliphatic hydroxyl groups is 2. The average Bonchev–Trinajstić information content (AvgIpc) is 2.80. The fourth-order valence-electron chi connectivity index (χ4n) is 3.36. The van der Waals surface area contributed by atoms with Gasteiger partial charge in [0.1, 0.15) is 6.54 Å². The van der Waals surface area contributed by atoms with Gasteiger partial charge in [0.15, 0.2) is 0 Å². The second-order valence-corrected chi connectivity index (χ2v) is 13.6. The Hall–Kier alpha value is -0.530. The molecule has 0 saturated carbocycles. The van der Waals surface area contributed by atoms with Gasteiger partial charge in [-0.15, -0.1) is 0 Å². The first-order valence-corrected chi connectivity index (χ1v) is 14.5. The van der Waals surface area contributed by atoms with E-state index in [4.69, 9.17) is 5.11 Å². The molecule has 0 saturated heterocycles. The monoisotopic (exact) mass is 806 g/mol. The third kappa shape index (κ3) is 9.46. The van der Waals surface area contributed by atoms with Gasteiger partial charge in [0.05, 0.1) is 49.2 Å². The van der Waals surface area contributed by atoms with Crippen LogP contribution >= 0.6 is 0 Å². The van der Waals surface area contributed by atoms with Crippen LogP contribution in [-0.4, -0.2) is 152 Å². The summed E-state index contributed by atoms with van der Waals surface area (Å²) in [4.78, 5) is 0. The molecule has 0 rings (SSSR count). The maximum absolute atomic E-state index is 14.7. The molecule has 0 aliphatic heterocycles. The molecule has 0 aromatic heterocycles. The fourth-order valence-corrected chi connectivity index (χ4v) is 5.46. The van der Waals surface area contributed by atoms with E-state index < -0.39 is 116 Å². The predicted octanol–water partition coefficient (Wildman–Crippen LogP) is -0.223. The number of quaternary nitrogens is 1. The van der Waals surface area contributed by atoms with Gasteiger partial charge in [-0.25, -0.2) is 16.8 Å². The molecule has 1 unspecified atom stereocenters. The topological polar surface area (TPSA) is 165 Å². The molecule has 0 radical (unpaired) electrons. The minimum absolute atomic E-state index is 0. The van der Waals surface area contributed by atoms with Crippen molar-refractivity contribution >= 4 is 20.1 Å². The molecule has 1 atom stereocenters. The van der Waals surface area contributed by atoms with E-state index in [1.165, 1.54) is 14.1 Å². The molecule has 0 bridgehead atoms. The number of hydrogen-bond acceptors (Lipinski definition) is 8. The molecule has 0 aliphatic rings. The van der Waals surface area contributed by atoms with E-state index in [0.717, 1.165) is 0 Å². The Kier molecular flexibility index (Phi) is 16.9. The van der Waals surface area contributed by atoms with Crippen LogP contribution in [0.25, 0.3) is 0 Å². The van der Waals surface area contributed by atoms with Gasteiger partial charge in [-0.2, -0.15) is 78.9 Å². The quantitative estimate of drug-likeness (QED) is 0.0832. The van der Waals surface area contributed by atoms with Crippen LogP contribution in [0.5, 0.6) is 0 Å². The molecule has 0 fully saturated rings. The Labute approximate surface area is 281 Å². The van der Waals surface area contributed by atoms with Crippen molar-refractivity contribution in [2.75, 3.05) is 52.6 Å². The molecule has 30 heteroatoms. The smallest absolute Gasteiger partial charge is 0.870 e. The van der Waals surface area contributed by atoms with Crippen LogP contribution in [0, 0.1) is 0 Å². The van der Waals surface area contributed by atoms with Crippen LogP contribution in [0.15, 0.2) is 0 Å². The van der Waals surface area contributed by atoms with E-state index >= 15 is 0 Å². The molecular formula is C18H24F17N2NaO8S2. The summed E-state index contributed by atoms with van der Waals surface area (Å²) in [5, 5.41) is 10.6. The number of likely N-dealkylation sites (N-methyl/N-ethyl adjacent to an activating group) is 1. The van der Waals surface area contributed by atoms with Crippen molar-refractivity contribution in [1.82, 2.24) is 4.31 Å². The third-order valence-electron chi connectivity index (χ3n) is 6.04. The first kappa shape index (κ1) is 51.8. The van der Waals surface area contributed by atoms with Crippen molar-refractivity contribution in [1.29, 1.82) is 0 Å². The normalized spacial score (nSPS) is 16.0. The molecule has 48 heavy (non-hydrogen) atoms. The first-order valence-electron chi connectivity index (χ1n) is 11.5. The van der Waals surface area contributed by atoms with Crippen LogP contribution in [0.4, 0.5) is 74.6 Å². The molecule has 0 spiro atoms. The van der Waals surface area contributed by atoms with E-state index in [9.17, 15) is 101 Å². The van der Waals surface area contributed by atoms with Gasteiger partial charge < -0.3 is 24.7 Å². The zero-order valence-corrected chi connectivity index (χ0v) is 27.7. The number of nitrogens with zero attached hydrogens (tertiary/aromatic N) is 2. The molecule has 0 aliphatic carbocycles. The van der Waals surface area contributed by atoms with Crippen molar-refractivity contribution in [3.63, 3.8) is 0 Å². The van der Waals surface area contributed by atoms with Crippen molar-refractivity contribution in [2.45, 2.75) is 59.5 Å². The van der Waals surface area contributed by atoms with Crippen LogP contribution in [0.2, 0.25) is 0 Å². The average molecular weight is 806 g/mol. The second-order valence-electron chi connectivity index (χ2n) is 10.2. The Morgan fingerprint density at radius 1 is 0.688 bits per heavy atom. The molecule has 0 amide bonds.